The molecule has 0 heterocycles. The smallest absolute Gasteiger partial charge is 0.411 e. The molecule has 0 rings (SSSR count). The molecule has 0 atom stereocenters. The van der Waals surface area contributed by atoms with Crippen molar-refractivity contribution in [2.75, 3.05) is 26.2 Å². The summed E-state index contributed by atoms with van der Waals surface area (Å²) in [7, 11) is -10.6. The Labute approximate surface area is 364 Å². The number of nitrogens with zero attached hydrogens (tertiary/aromatic N) is 1. The van der Waals surface area contributed by atoms with Gasteiger partial charge in [-0.05, 0) is 51.4 Å². The van der Waals surface area contributed by atoms with Crippen LogP contribution in [0.1, 0.15) is 285 Å². The second-order valence-electron chi connectivity index (χ2n) is 17.9. The molecule has 0 saturated heterocycles. The zero-order chi connectivity index (χ0) is 43.3. The van der Waals surface area contributed by atoms with Crippen LogP contribution >= 0.6 is 0 Å². The molecule has 0 aromatic rings. The van der Waals surface area contributed by atoms with Crippen molar-refractivity contribution < 1.29 is 34.1 Å². The zero-order valence-electron chi connectivity index (χ0n) is 39.3. The number of rotatable bonds is 46. The molecule has 0 unspecified atom stereocenters. The Balaban J connectivity index is 0. The summed E-state index contributed by atoms with van der Waals surface area (Å²) in [4.78, 5) is 0. The fourth-order valence-corrected chi connectivity index (χ4v) is 9.36. The van der Waals surface area contributed by atoms with Crippen molar-refractivity contribution in [3.63, 3.8) is 0 Å². The fraction of sp³-hybridized carbons (Fsp3) is 1.00. The molecule has 0 bridgehead atoms. The SMILES string of the molecule is CCCCCCCCCCCC[N+](CCCCCCCCCCCC)(CCCCCCCCCCCC)CCCCCCCCCCCC.O=S(=O)([O-])OS(=O)(=O)O. The summed E-state index contributed by atoms with van der Waals surface area (Å²) in [6.07, 6.45) is 58.7. The maximum Gasteiger partial charge on any atom is 0.411 e. The van der Waals surface area contributed by atoms with Crippen molar-refractivity contribution in [2.45, 2.75) is 285 Å². The van der Waals surface area contributed by atoms with Crippen molar-refractivity contribution in [3.05, 3.63) is 0 Å². The Morgan fingerprint density at radius 2 is 0.483 bits per heavy atom. The molecule has 58 heavy (non-hydrogen) atoms. The third-order valence-corrected chi connectivity index (χ3v) is 13.5. The van der Waals surface area contributed by atoms with Gasteiger partial charge in [-0.2, -0.15) is 8.42 Å². The third-order valence-electron chi connectivity index (χ3n) is 12.1. The highest BCUT2D eigenvalue weighted by molar-refractivity contribution is 7.94. The summed E-state index contributed by atoms with van der Waals surface area (Å²) in [6.45, 7) is 15.3. The lowest BCUT2D eigenvalue weighted by molar-refractivity contribution is -0.929. The minimum absolute atomic E-state index is 1.37. The van der Waals surface area contributed by atoms with E-state index in [9.17, 15) is 21.4 Å². The second-order valence-corrected chi connectivity index (χ2v) is 20.1. The second kappa shape index (κ2) is 44.8. The molecule has 0 aliphatic heterocycles. The molecule has 0 aliphatic carbocycles. The van der Waals surface area contributed by atoms with E-state index >= 15 is 0 Å². The van der Waals surface area contributed by atoms with E-state index in [1.807, 2.05) is 0 Å². The summed E-state index contributed by atoms with van der Waals surface area (Å²) in [6, 6.07) is 0. The van der Waals surface area contributed by atoms with Crippen molar-refractivity contribution >= 4 is 20.8 Å². The summed E-state index contributed by atoms with van der Waals surface area (Å²) >= 11 is 0. The first-order chi connectivity index (χ1) is 27.9. The monoisotopic (exact) mass is 868 g/mol. The molecule has 352 valence electrons. The van der Waals surface area contributed by atoms with Gasteiger partial charge in [-0.25, -0.2) is 8.42 Å². The Morgan fingerprint density at radius 1 is 0.328 bits per heavy atom. The van der Waals surface area contributed by atoms with Gasteiger partial charge in [0.05, 0.1) is 26.2 Å². The highest BCUT2D eigenvalue weighted by Gasteiger charge is 2.25. The van der Waals surface area contributed by atoms with E-state index in [0.717, 1.165) is 0 Å². The van der Waals surface area contributed by atoms with Gasteiger partial charge in [0.25, 0.3) is 0 Å². The molecule has 0 radical (unpaired) electrons. The summed E-state index contributed by atoms with van der Waals surface area (Å²) < 4.78 is 58.4. The van der Waals surface area contributed by atoms with Crippen LogP contribution in [0.25, 0.3) is 0 Å². The minimum atomic E-state index is -5.37. The van der Waals surface area contributed by atoms with Crippen molar-refractivity contribution in [3.8, 4) is 0 Å². The van der Waals surface area contributed by atoms with Crippen LogP contribution in [0.2, 0.25) is 0 Å². The van der Waals surface area contributed by atoms with Gasteiger partial charge in [0.15, 0.2) is 0 Å². The van der Waals surface area contributed by atoms with Gasteiger partial charge >= 0.3 is 10.4 Å². The van der Waals surface area contributed by atoms with Crippen molar-refractivity contribution in [1.82, 2.24) is 0 Å². The van der Waals surface area contributed by atoms with Crippen LogP contribution < -0.4 is 0 Å². The van der Waals surface area contributed by atoms with E-state index in [1.165, 1.54) is 287 Å². The maximum absolute atomic E-state index is 9.40. The molecule has 8 nitrogen and oxygen atoms in total. The number of hydrogen-bond acceptors (Lipinski definition) is 6. The van der Waals surface area contributed by atoms with Gasteiger partial charge in [-0.1, -0.05) is 233 Å². The predicted octanol–water partition coefficient (Wildman–Crippen LogP) is 15.8. The van der Waals surface area contributed by atoms with Gasteiger partial charge in [-0.15, -0.1) is 3.63 Å². The highest BCUT2D eigenvalue weighted by Crippen LogP contribution is 2.22. The van der Waals surface area contributed by atoms with Crippen LogP contribution in [0.15, 0.2) is 0 Å². The molecule has 0 spiro atoms. The van der Waals surface area contributed by atoms with E-state index in [-0.39, 0.29) is 0 Å². The molecule has 0 aromatic carbocycles. The van der Waals surface area contributed by atoms with Gasteiger partial charge in [0.2, 0.25) is 10.4 Å². The maximum atomic E-state index is 9.40. The van der Waals surface area contributed by atoms with E-state index in [0.29, 0.717) is 0 Å². The van der Waals surface area contributed by atoms with E-state index in [4.69, 9.17) is 4.55 Å². The lowest BCUT2D eigenvalue weighted by Crippen LogP contribution is -2.50. The van der Waals surface area contributed by atoms with Crippen LogP contribution in [-0.4, -0.2) is 56.6 Å². The molecule has 10 heteroatoms. The van der Waals surface area contributed by atoms with E-state index in [1.54, 1.807) is 0 Å². The first kappa shape index (κ1) is 59.8. The lowest BCUT2D eigenvalue weighted by Gasteiger charge is -2.40. The van der Waals surface area contributed by atoms with Crippen molar-refractivity contribution in [1.29, 1.82) is 0 Å². The average molecular weight is 868 g/mol. The highest BCUT2D eigenvalue weighted by atomic mass is 32.3. The largest absolute Gasteiger partial charge is 0.725 e. The Bertz CT molecular complexity index is 892. The lowest BCUT2D eigenvalue weighted by atomic mass is 10.0. The molecular formula is C48H101NO7S2. The number of hydrogen-bond donors (Lipinski definition) is 1. The zero-order valence-corrected chi connectivity index (χ0v) is 40.9. The van der Waals surface area contributed by atoms with Gasteiger partial charge in [-0.3, -0.25) is 4.55 Å². The molecule has 0 fully saturated rings. The average Bonchev–Trinajstić information content (AvgIpc) is 3.16. The number of quaternary nitrogens is 1. The number of unbranched alkanes of at least 4 members (excludes halogenated alkanes) is 36. The van der Waals surface area contributed by atoms with Crippen LogP contribution in [0.5, 0.6) is 0 Å². The minimum Gasteiger partial charge on any atom is -0.725 e. The van der Waals surface area contributed by atoms with Gasteiger partial charge < -0.3 is 9.04 Å². The first-order valence-electron chi connectivity index (χ1n) is 25.4. The third kappa shape index (κ3) is 50.1. The van der Waals surface area contributed by atoms with E-state index in [2.05, 4.69) is 31.3 Å². The molecule has 0 aromatic heterocycles. The Hall–Kier alpha value is -0.260. The topological polar surface area (TPSA) is 121 Å². The Kier molecular flexibility index (Phi) is 46.2. The normalized spacial score (nSPS) is 12.2. The molecular weight excluding hydrogens is 767 g/mol. The predicted molar refractivity (Wildman–Crippen MR) is 249 cm³/mol. The summed E-state index contributed by atoms with van der Waals surface area (Å²) in [5, 5.41) is 0. The Morgan fingerprint density at radius 3 is 0.603 bits per heavy atom. The van der Waals surface area contributed by atoms with Crippen LogP contribution in [-0.2, 0) is 24.4 Å². The quantitative estimate of drug-likeness (QED) is 0.0280. The molecule has 0 saturated carbocycles. The molecule has 1 N–H and O–H groups in total. The molecule has 0 aliphatic rings. The van der Waals surface area contributed by atoms with Crippen LogP contribution in [0.4, 0.5) is 0 Å². The standard InChI is InChI=1S/C48H100N.H2O7S2/c1-5-9-13-17-21-25-29-33-37-41-45-49(46-42-38-34-30-26-22-18-14-10-6-2,47-43-39-35-31-27-23-19-15-11-7-3)48-44-40-36-32-28-24-20-16-12-8-4;1-8(2,3)7-9(4,5)6/h5-48H2,1-4H3;(H,1,2,3)(H,4,5,6)/q+1;/p-1. The van der Waals surface area contributed by atoms with E-state index < -0.39 is 20.8 Å². The van der Waals surface area contributed by atoms with Crippen LogP contribution in [0.3, 0.4) is 0 Å². The first-order valence-corrected chi connectivity index (χ1v) is 28.1. The summed E-state index contributed by atoms with van der Waals surface area (Å²) in [5.74, 6) is 0. The molecule has 0 amide bonds. The summed E-state index contributed by atoms with van der Waals surface area (Å²) in [5.41, 5.74) is 0. The van der Waals surface area contributed by atoms with Gasteiger partial charge in [0, 0.05) is 0 Å². The fourth-order valence-electron chi connectivity index (χ4n) is 8.51. The van der Waals surface area contributed by atoms with Crippen LogP contribution in [0, 0.1) is 0 Å². The van der Waals surface area contributed by atoms with Crippen molar-refractivity contribution in [2.24, 2.45) is 0 Å². The van der Waals surface area contributed by atoms with Gasteiger partial charge in [0.1, 0.15) is 0 Å².